The van der Waals surface area contributed by atoms with Gasteiger partial charge in [0, 0.05) is 6.42 Å². The molecular formula is C21H31NO5. The summed E-state index contributed by atoms with van der Waals surface area (Å²) in [5, 5.41) is 9.46. The van der Waals surface area contributed by atoms with E-state index in [1.807, 2.05) is 24.3 Å². The molecule has 6 heteroatoms. The molecule has 2 rings (SSSR count). The highest BCUT2D eigenvalue weighted by Crippen LogP contribution is 2.30. The van der Waals surface area contributed by atoms with Gasteiger partial charge in [-0.1, -0.05) is 32.9 Å². The first-order valence-corrected chi connectivity index (χ1v) is 9.42. The molecule has 1 aliphatic heterocycles. The standard InChI is InChI=1S/C21H31NO5/c1-7-21(5,6)14-8-10-15(11-9-14)26-16-12-17(18(23)24)22(13-16)19(25)27-20(2,3)4/h8-11,16-17H,7,12-13H2,1-6H3,(H,23,24)/t16-,17-/m1/s1. The summed E-state index contributed by atoms with van der Waals surface area (Å²) in [7, 11) is 0. The van der Waals surface area contributed by atoms with E-state index in [1.54, 1.807) is 20.8 Å². The fourth-order valence-corrected chi connectivity index (χ4v) is 3.02. The number of hydrogen-bond donors (Lipinski definition) is 1. The summed E-state index contributed by atoms with van der Waals surface area (Å²) in [5.41, 5.74) is 0.636. The Morgan fingerprint density at radius 2 is 1.74 bits per heavy atom. The molecule has 150 valence electrons. The number of ether oxygens (including phenoxy) is 2. The molecule has 0 aliphatic carbocycles. The van der Waals surface area contributed by atoms with Crippen molar-refractivity contribution in [2.45, 2.75) is 77.5 Å². The minimum absolute atomic E-state index is 0.0911. The predicted octanol–water partition coefficient (Wildman–Crippen LogP) is 4.22. The number of hydrogen-bond acceptors (Lipinski definition) is 4. The topological polar surface area (TPSA) is 76.1 Å². The van der Waals surface area contributed by atoms with Crippen LogP contribution in [0.2, 0.25) is 0 Å². The maximum atomic E-state index is 12.3. The lowest BCUT2D eigenvalue weighted by Crippen LogP contribution is -2.43. The molecule has 0 aromatic heterocycles. The summed E-state index contributed by atoms with van der Waals surface area (Å²) in [6.07, 6.45) is 0.252. The van der Waals surface area contributed by atoms with Crippen LogP contribution in [0.4, 0.5) is 4.79 Å². The first kappa shape index (κ1) is 21.1. The summed E-state index contributed by atoms with van der Waals surface area (Å²) in [6, 6.07) is 6.93. The molecule has 2 atom stereocenters. The number of carboxylic acid groups (broad SMARTS) is 1. The zero-order chi connectivity index (χ0) is 20.4. The predicted molar refractivity (Wildman–Crippen MR) is 103 cm³/mol. The molecule has 6 nitrogen and oxygen atoms in total. The van der Waals surface area contributed by atoms with Crippen LogP contribution in [-0.2, 0) is 14.9 Å². The van der Waals surface area contributed by atoms with Gasteiger partial charge in [0.1, 0.15) is 23.5 Å². The van der Waals surface area contributed by atoms with Crippen LogP contribution in [0.1, 0.15) is 59.9 Å². The van der Waals surface area contributed by atoms with Gasteiger partial charge in [-0.05, 0) is 50.3 Å². The number of nitrogens with zero attached hydrogens (tertiary/aromatic N) is 1. The summed E-state index contributed by atoms with van der Waals surface area (Å²) in [6.45, 7) is 12.0. The Labute approximate surface area is 161 Å². The minimum atomic E-state index is -1.05. The van der Waals surface area contributed by atoms with Crippen molar-refractivity contribution in [1.82, 2.24) is 4.90 Å². The van der Waals surface area contributed by atoms with Crippen molar-refractivity contribution in [1.29, 1.82) is 0 Å². The number of aliphatic carboxylic acids is 1. The van der Waals surface area contributed by atoms with Crippen LogP contribution < -0.4 is 4.74 Å². The van der Waals surface area contributed by atoms with Gasteiger partial charge in [-0.15, -0.1) is 0 Å². The quantitative estimate of drug-likeness (QED) is 0.831. The Kier molecular flexibility index (Phi) is 6.07. The third kappa shape index (κ3) is 5.37. The number of likely N-dealkylation sites (tertiary alicyclic amines) is 1. The van der Waals surface area contributed by atoms with E-state index in [4.69, 9.17) is 9.47 Å². The Bertz CT molecular complexity index is 675. The largest absolute Gasteiger partial charge is 0.488 e. The summed E-state index contributed by atoms with van der Waals surface area (Å²) in [4.78, 5) is 25.2. The fraction of sp³-hybridized carbons (Fsp3) is 0.619. The SMILES string of the molecule is CCC(C)(C)c1ccc(O[C@@H]2C[C@H](C(=O)O)N(C(=O)OC(C)(C)C)C2)cc1. The second kappa shape index (κ2) is 7.79. The maximum Gasteiger partial charge on any atom is 0.411 e. The van der Waals surface area contributed by atoms with Crippen molar-refractivity contribution >= 4 is 12.1 Å². The van der Waals surface area contributed by atoms with Crippen LogP contribution in [0, 0.1) is 0 Å². The Hall–Kier alpha value is -2.24. The molecule has 1 amide bonds. The fourth-order valence-electron chi connectivity index (χ4n) is 3.02. The Morgan fingerprint density at radius 3 is 2.22 bits per heavy atom. The molecule has 0 unspecified atom stereocenters. The number of carbonyl (C=O) groups is 2. The number of amides is 1. The van der Waals surface area contributed by atoms with E-state index in [2.05, 4.69) is 20.8 Å². The van der Waals surface area contributed by atoms with Gasteiger partial charge >= 0.3 is 12.1 Å². The van der Waals surface area contributed by atoms with Gasteiger partial charge in [0.05, 0.1) is 6.54 Å². The lowest BCUT2D eigenvalue weighted by molar-refractivity contribution is -0.142. The van der Waals surface area contributed by atoms with Crippen LogP contribution in [0.3, 0.4) is 0 Å². The second-order valence-electron chi connectivity index (χ2n) is 8.72. The highest BCUT2D eigenvalue weighted by Gasteiger charge is 2.42. The van der Waals surface area contributed by atoms with E-state index >= 15 is 0 Å². The Balaban J connectivity index is 2.07. The molecule has 1 heterocycles. The average Bonchev–Trinajstić information content (AvgIpc) is 2.98. The summed E-state index contributed by atoms with van der Waals surface area (Å²) >= 11 is 0. The third-order valence-electron chi connectivity index (χ3n) is 5.00. The highest BCUT2D eigenvalue weighted by atomic mass is 16.6. The Morgan fingerprint density at radius 1 is 1.15 bits per heavy atom. The van der Waals surface area contributed by atoms with Crippen molar-refractivity contribution in [3.63, 3.8) is 0 Å². The zero-order valence-corrected chi connectivity index (χ0v) is 17.1. The summed E-state index contributed by atoms with van der Waals surface area (Å²) < 4.78 is 11.3. The van der Waals surface area contributed by atoms with Gasteiger partial charge in [-0.2, -0.15) is 0 Å². The monoisotopic (exact) mass is 377 g/mol. The van der Waals surface area contributed by atoms with Crippen LogP contribution in [0.15, 0.2) is 24.3 Å². The van der Waals surface area contributed by atoms with Gasteiger partial charge in [-0.25, -0.2) is 9.59 Å². The van der Waals surface area contributed by atoms with Crippen LogP contribution in [0.5, 0.6) is 5.75 Å². The molecular weight excluding hydrogens is 346 g/mol. The van der Waals surface area contributed by atoms with Crippen molar-refractivity contribution in [3.05, 3.63) is 29.8 Å². The van der Waals surface area contributed by atoms with E-state index < -0.39 is 23.7 Å². The van der Waals surface area contributed by atoms with Gasteiger partial charge in [0.25, 0.3) is 0 Å². The smallest absolute Gasteiger partial charge is 0.411 e. The van der Waals surface area contributed by atoms with Crippen LogP contribution >= 0.6 is 0 Å². The molecule has 1 aromatic carbocycles. The number of carbonyl (C=O) groups excluding carboxylic acids is 1. The van der Waals surface area contributed by atoms with E-state index in [0.29, 0.717) is 5.75 Å². The van der Waals surface area contributed by atoms with E-state index in [0.717, 1.165) is 6.42 Å². The first-order valence-electron chi connectivity index (χ1n) is 9.42. The van der Waals surface area contributed by atoms with E-state index in [-0.39, 0.29) is 24.5 Å². The number of carboxylic acids is 1. The normalized spacial score (nSPS) is 20.4. The van der Waals surface area contributed by atoms with Crippen LogP contribution in [-0.4, -0.2) is 46.4 Å². The van der Waals surface area contributed by atoms with Crippen molar-refractivity contribution in [3.8, 4) is 5.75 Å². The maximum absolute atomic E-state index is 12.3. The summed E-state index contributed by atoms with van der Waals surface area (Å²) in [5.74, 6) is -0.377. The van der Waals surface area contributed by atoms with Crippen LogP contribution in [0.25, 0.3) is 0 Å². The van der Waals surface area contributed by atoms with Crippen molar-refractivity contribution < 1.29 is 24.2 Å². The van der Waals surface area contributed by atoms with E-state index in [1.165, 1.54) is 10.5 Å². The number of rotatable bonds is 5. The lowest BCUT2D eigenvalue weighted by Gasteiger charge is -2.26. The van der Waals surface area contributed by atoms with Gasteiger partial charge < -0.3 is 14.6 Å². The van der Waals surface area contributed by atoms with E-state index in [9.17, 15) is 14.7 Å². The minimum Gasteiger partial charge on any atom is -0.488 e. The molecule has 27 heavy (non-hydrogen) atoms. The molecule has 0 saturated carbocycles. The average molecular weight is 377 g/mol. The van der Waals surface area contributed by atoms with Crippen molar-refractivity contribution in [2.75, 3.05) is 6.54 Å². The second-order valence-corrected chi connectivity index (χ2v) is 8.72. The third-order valence-corrected chi connectivity index (χ3v) is 5.00. The van der Waals surface area contributed by atoms with Gasteiger partial charge in [-0.3, -0.25) is 4.90 Å². The lowest BCUT2D eigenvalue weighted by atomic mass is 9.82. The van der Waals surface area contributed by atoms with Gasteiger partial charge in [0.15, 0.2) is 0 Å². The molecule has 1 N–H and O–H groups in total. The van der Waals surface area contributed by atoms with Gasteiger partial charge in [0.2, 0.25) is 0 Å². The molecule has 1 fully saturated rings. The molecule has 1 aromatic rings. The molecule has 0 bridgehead atoms. The first-order chi connectivity index (χ1) is 12.4. The molecule has 0 radical (unpaired) electrons. The highest BCUT2D eigenvalue weighted by molar-refractivity contribution is 5.81. The number of benzene rings is 1. The zero-order valence-electron chi connectivity index (χ0n) is 17.1. The molecule has 0 spiro atoms. The molecule has 1 aliphatic rings. The van der Waals surface area contributed by atoms with Crippen molar-refractivity contribution in [2.24, 2.45) is 0 Å². The molecule has 1 saturated heterocycles.